The minimum absolute atomic E-state index is 0.361. The summed E-state index contributed by atoms with van der Waals surface area (Å²) in [4.78, 5) is 0. The van der Waals surface area contributed by atoms with Gasteiger partial charge in [0.05, 0.1) is 12.6 Å². The summed E-state index contributed by atoms with van der Waals surface area (Å²) in [5.74, 6) is 0.943. The molecule has 0 bridgehead atoms. The molecule has 16 heavy (non-hydrogen) atoms. The number of hydrogen-bond donors (Lipinski definition) is 0. The summed E-state index contributed by atoms with van der Waals surface area (Å²) in [6, 6.07) is 8.65. The monoisotopic (exact) mass is 218 g/mol. The minimum atomic E-state index is 0.361. The van der Waals surface area contributed by atoms with Crippen LogP contribution in [0.2, 0.25) is 0 Å². The lowest BCUT2D eigenvalue weighted by molar-refractivity contribution is 0.288. The van der Waals surface area contributed by atoms with Gasteiger partial charge in [-0.15, -0.1) is 0 Å². The van der Waals surface area contributed by atoms with Gasteiger partial charge < -0.3 is 4.74 Å². The minimum Gasteiger partial charge on any atom is -0.494 e. The van der Waals surface area contributed by atoms with Gasteiger partial charge in [-0.1, -0.05) is 12.1 Å². The maximum absolute atomic E-state index is 5.51. The van der Waals surface area contributed by atoms with Gasteiger partial charge in [-0.3, -0.25) is 5.01 Å². The molecule has 0 aliphatic carbocycles. The van der Waals surface area contributed by atoms with Crippen molar-refractivity contribution in [3.63, 3.8) is 0 Å². The van der Waals surface area contributed by atoms with E-state index >= 15 is 0 Å². The lowest BCUT2D eigenvalue weighted by Gasteiger charge is -2.19. The number of rotatable bonds is 3. The Morgan fingerprint density at radius 2 is 2.31 bits per heavy atom. The molecular formula is C13H18N2O. The molecule has 0 saturated carbocycles. The van der Waals surface area contributed by atoms with Crippen molar-refractivity contribution in [2.75, 3.05) is 13.7 Å². The van der Waals surface area contributed by atoms with Crippen LogP contribution in [0, 0.1) is 0 Å². The molecular weight excluding hydrogens is 200 g/mol. The fraction of sp³-hybridized carbons (Fsp3) is 0.462. The molecule has 0 radical (unpaired) electrons. The standard InChI is InChI=1S/C13H18N2O/c1-4-16-12-7-5-6-11(9-12)13-8-10(2)14-15(13)3/h5-7,9,13H,4,8H2,1-3H3. The maximum atomic E-state index is 5.51. The summed E-state index contributed by atoms with van der Waals surface area (Å²) >= 11 is 0. The smallest absolute Gasteiger partial charge is 0.119 e. The maximum Gasteiger partial charge on any atom is 0.119 e. The van der Waals surface area contributed by atoms with Gasteiger partial charge in [0.15, 0.2) is 0 Å². The van der Waals surface area contributed by atoms with E-state index in [1.165, 1.54) is 11.3 Å². The normalized spacial score (nSPS) is 19.8. The summed E-state index contributed by atoms with van der Waals surface area (Å²) in [7, 11) is 2.02. The van der Waals surface area contributed by atoms with E-state index in [0.29, 0.717) is 12.6 Å². The zero-order chi connectivity index (χ0) is 11.5. The topological polar surface area (TPSA) is 24.8 Å². The van der Waals surface area contributed by atoms with E-state index in [2.05, 4.69) is 24.2 Å². The molecule has 1 unspecified atom stereocenters. The highest BCUT2D eigenvalue weighted by atomic mass is 16.5. The zero-order valence-electron chi connectivity index (χ0n) is 10.1. The Hall–Kier alpha value is -1.51. The highest BCUT2D eigenvalue weighted by Crippen LogP contribution is 2.30. The summed E-state index contributed by atoms with van der Waals surface area (Å²) in [5, 5.41) is 6.46. The Bertz CT molecular complexity index is 401. The van der Waals surface area contributed by atoms with Crippen molar-refractivity contribution in [1.29, 1.82) is 0 Å². The lowest BCUT2D eigenvalue weighted by atomic mass is 10.0. The number of nitrogens with zero attached hydrogens (tertiary/aromatic N) is 2. The van der Waals surface area contributed by atoms with Crippen molar-refractivity contribution in [3.05, 3.63) is 29.8 Å². The SMILES string of the molecule is CCOc1cccc(C2CC(C)=NN2C)c1. The molecule has 1 atom stereocenters. The van der Waals surface area contributed by atoms with Crippen molar-refractivity contribution in [3.8, 4) is 5.75 Å². The molecule has 0 N–H and O–H groups in total. The van der Waals surface area contributed by atoms with Crippen molar-refractivity contribution >= 4 is 5.71 Å². The van der Waals surface area contributed by atoms with Gasteiger partial charge in [0.1, 0.15) is 5.75 Å². The van der Waals surface area contributed by atoms with Crippen LogP contribution in [0.3, 0.4) is 0 Å². The Kier molecular flexibility index (Phi) is 3.13. The van der Waals surface area contributed by atoms with Crippen LogP contribution in [0.1, 0.15) is 31.9 Å². The molecule has 3 nitrogen and oxygen atoms in total. The van der Waals surface area contributed by atoms with E-state index in [9.17, 15) is 0 Å². The van der Waals surface area contributed by atoms with Crippen molar-refractivity contribution in [1.82, 2.24) is 5.01 Å². The Labute approximate surface area is 96.7 Å². The van der Waals surface area contributed by atoms with Gasteiger partial charge in [0.2, 0.25) is 0 Å². The third kappa shape index (κ3) is 2.18. The molecule has 1 aliphatic rings. The summed E-state index contributed by atoms with van der Waals surface area (Å²) in [5.41, 5.74) is 2.46. The Balaban J connectivity index is 2.18. The van der Waals surface area contributed by atoms with E-state index in [4.69, 9.17) is 4.74 Å². The average molecular weight is 218 g/mol. The molecule has 2 rings (SSSR count). The second kappa shape index (κ2) is 4.56. The molecule has 0 fully saturated rings. The van der Waals surface area contributed by atoms with Crippen molar-refractivity contribution in [2.45, 2.75) is 26.3 Å². The summed E-state index contributed by atoms with van der Waals surface area (Å²) in [6.45, 7) is 4.78. The molecule has 1 heterocycles. The van der Waals surface area contributed by atoms with Gasteiger partial charge in [-0.05, 0) is 31.5 Å². The van der Waals surface area contributed by atoms with E-state index in [-0.39, 0.29) is 0 Å². The second-order valence-electron chi connectivity index (χ2n) is 4.13. The summed E-state index contributed by atoms with van der Waals surface area (Å²) < 4.78 is 5.51. The van der Waals surface area contributed by atoms with Gasteiger partial charge in [0.25, 0.3) is 0 Å². The van der Waals surface area contributed by atoms with E-state index in [1.807, 2.05) is 31.1 Å². The van der Waals surface area contributed by atoms with Crippen LogP contribution in [0.5, 0.6) is 5.75 Å². The first-order valence-electron chi connectivity index (χ1n) is 5.70. The van der Waals surface area contributed by atoms with Crippen LogP contribution in [0.15, 0.2) is 29.4 Å². The van der Waals surface area contributed by atoms with E-state index in [1.54, 1.807) is 0 Å². The molecule has 0 aromatic heterocycles. The lowest BCUT2D eigenvalue weighted by Crippen LogP contribution is -2.13. The van der Waals surface area contributed by atoms with Gasteiger partial charge in [0, 0.05) is 19.2 Å². The van der Waals surface area contributed by atoms with Crippen LogP contribution in [-0.2, 0) is 0 Å². The zero-order valence-corrected chi connectivity index (χ0v) is 10.1. The molecule has 1 aromatic carbocycles. The van der Waals surface area contributed by atoms with Crippen LogP contribution >= 0.6 is 0 Å². The molecule has 3 heteroatoms. The van der Waals surface area contributed by atoms with Crippen molar-refractivity contribution < 1.29 is 4.74 Å². The van der Waals surface area contributed by atoms with Gasteiger partial charge in [-0.25, -0.2) is 0 Å². The van der Waals surface area contributed by atoms with Gasteiger partial charge >= 0.3 is 0 Å². The Morgan fingerprint density at radius 3 is 2.94 bits per heavy atom. The molecule has 0 spiro atoms. The molecule has 0 amide bonds. The second-order valence-corrected chi connectivity index (χ2v) is 4.13. The van der Waals surface area contributed by atoms with Crippen LogP contribution in [-0.4, -0.2) is 24.4 Å². The molecule has 86 valence electrons. The number of hydrogen-bond acceptors (Lipinski definition) is 3. The first-order valence-corrected chi connectivity index (χ1v) is 5.70. The molecule has 1 aromatic rings. The predicted octanol–water partition coefficient (Wildman–Crippen LogP) is 2.84. The fourth-order valence-electron chi connectivity index (χ4n) is 2.10. The third-order valence-electron chi connectivity index (χ3n) is 2.82. The van der Waals surface area contributed by atoms with Crippen LogP contribution in [0.4, 0.5) is 0 Å². The fourth-order valence-corrected chi connectivity index (χ4v) is 2.10. The third-order valence-corrected chi connectivity index (χ3v) is 2.82. The first kappa shape index (κ1) is 11.0. The number of ether oxygens (including phenoxy) is 1. The van der Waals surface area contributed by atoms with Crippen molar-refractivity contribution in [2.24, 2.45) is 5.10 Å². The summed E-state index contributed by atoms with van der Waals surface area (Å²) in [6.07, 6.45) is 1.01. The quantitative estimate of drug-likeness (QED) is 0.779. The van der Waals surface area contributed by atoms with Crippen LogP contribution in [0.25, 0.3) is 0 Å². The highest BCUT2D eigenvalue weighted by molar-refractivity contribution is 5.83. The number of hydrazone groups is 1. The molecule has 1 aliphatic heterocycles. The van der Waals surface area contributed by atoms with E-state index < -0.39 is 0 Å². The van der Waals surface area contributed by atoms with Crippen LogP contribution < -0.4 is 4.74 Å². The first-order chi connectivity index (χ1) is 7.70. The highest BCUT2D eigenvalue weighted by Gasteiger charge is 2.22. The number of benzene rings is 1. The molecule has 0 saturated heterocycles. The van der Waals surface area contributed by atoms with E-state index in [0.717, 1.165) is 12.2 Å². The largest absolute Gasteiger partial charge is 0.494 e. The average Bonchev–Trinajstić information content (AvgIpc) is 2.59. The van der Waals surface area contributed by atoms with Gasteiger partial charge in [-0.2, -0.15) is 5.10 Å². The Morgan fingerprint density at radius 1 is 1.50 bits per heavy atom. The predicted molar refractivity (Wildman–Crippen MR) is 65.8 cm³/mol.